The van der Waals surface area contributed by atoms with Gasteiger partial charge in [0.1, 0.15) is 5.54 Å². The lowest BCUT2D eigenvalue weighted by Crippen LogP contribution is -2.39. The quantitative estimate of drug-likeness (QED) is 0.748. The SMILES string of the molecule is [NH]C1(C(=O)OCCc2ccccc2)CCCC1. The van der Waals surface area contributed by atoms with Gasteiger partial charge in [-0.05, 0) is 18.4 Å². The first kappa shape index (κ1) is 12.1. The number of benzene rings is 1. The minimum absolute atomic E-state index is 0.342. The van der Waals surface area contributed by atoms with Crippen molar-refractivity contribution in [1.82, 2.24) is 5.73 Å². The lowest BCUT2D eigenvalue weighted by Gasteiger charge is -2.19. The summed E-state index contributed by atoms with van der Waals surface area (Å²) in [6.45, 7) is 0.378. The van der Waals surface area contributed by atoms with E-state index >= 15 is 0 Å². The highest BCUT2D eigenvalue weighted by Gasteiger charge is 2.39. The third-order valence-electron chi connectivity index (χ3n) is 3.31. The summed E-state index contributed by atoms with van der Waals surface area (Å²) < 4.78 is 5.21. The molecule has 17 heavy (non-hydrogen) atoms. The van der Waals surface area contributed by atoms with Gasteiger partial charge < -0.3 is 4.74 Å². The van der Waals surface area contributed by atoms with E-state index in [4.69, 9.17) is 10.5 Å². The van der Waals surface area contributed by atoms with E-state index in [0.29, 0.717) is 19.4 Å². The van der Waals surface area contributed by atoms with Crippen molar-refractivity contribution in [3.8, 4) is 0 Å². The number of esters is 1. The zero-order valence-corrected chi connectivity index (χ0v) is 9.95. The summed E-state index contributed by atoms with van der Waals surface area (Å²) in [5, 5.41) is 0. The molecular formula is C14H18NO2. The van der Waals surface area contributed by atoms with E-state index in [-0.39, 0.29) is 5.97 Å². The lowest BCUT2D eigenvalue weighted by molar-refractivity contribution is -0.150. The summed E-state index contributed by atoms with van der Waals surface area (Å²) in [6.07, 6.45) is 3.96. The Morgan fingerprint density at radius 3 is 2.53 bits per heavy atom. The fraction of sp³-hybridized carbons (Fsp3) is 0.500. The van der Waals surface area contributed by atoms with Crippen LogP contribution in [0.1, 0.15) is 31.2 Å². The number of carbonyl (C=O) groups is 1. The van der Waals surface area contributed by atoms with Gasteiger partial charge in [0.15, 0.2) is 0 Å². The minimum Gasteiger partial charge on any atom is -0.464 e. The lowest BCUT2D eigenvalue weighted by atomic mass is 10.00. The molecule has 91 valence electrons. The maximum atomic E-state index is 11.7. The Morgan fingerprint density at radius 1 is 1.24 bits per heavy atom. The Hall–Kier alpha value is -1.35. The van der Waals surface area contributed by atoms with Crippen molar-refractivity contribution >= 4 is 5.97 Å². The normalized spacial score (nSPS) is 17.9. The van der Waals surface area contributed by atoms with Gasteiger partial charge in [0.25, 0.3) is 0 Å². The fourth-order valence-corrected chi connectivity index (χ4v) is 2.23. The summed E-state index contributed by atoms with van der Waals surface area (Å²) in [7, 11) is 0. The highest BCUT2D eigenvalue weighted by atomic mass is 16.5. The van der Waals surface area contributed by atoms with Gasteiger partial charge in [-0.1, -0.05) is 43.2 Å². The van der Waals surface area contributed by atoms with Gasteiger partial charge in [-0.25, -0.2) is 10.5 Å². The zero-order valence-electron chi connectivity index (χ0n) is 9.95. The molecule has 0 aromatic heterocycles. The van der Waals surface area contributed by atoms with Crippen molar-refractivity contribution in [2.45, 2.75) is 37.6 Å². The molecule has 0 bridgehead atoms. The largest absolute Gasteiger partial charge is 0.464 e. The van der Waals surface area contributed by atoms with Crippen LogP contribution in [0, 0.1) is 0 Å². The molecule has 0 heterocycles. The maximum absolute atomic E-state index is 11.7. The average molecular weight is 232 g/mol. The predicted molar refractivity (Wildman–Crippen MR) is 65.4 cm³/mol. The molecule has 0 spiro atoms. The molecule has 2 rings (SSSR count). The monoisotopic (exact) mass is 232 g/mol. The first-order valence-corrected chi connectivity index (χ1v) is 6.17. The molecular weight excluding hydrogens is 214 g/mol. The topological polar surface area (TPSA) is 50.1 Å². The van der Waals surface area contributed by atoms with Gasteiger partial charge in [0.05, 0.1) is 6.61 Å². The van der Waals surface area contributed by atoms with E-state index in [9.17, 15) is 4.79 Å². The summed E-state index contributed by atoms with van der Waals surface area (Å²) in [5.41, 5.74) is 8.19. The van der Waals surface area contributed by atoms with Crippen molar-refractivity contribution in [3.05, 3.63) is 35.9 Å². The summed E-state index contributed by atoms with van der Waals surface area (Å²) in [6, 6.07) is 9.94. The molecule has 1 aliphatic carbocycles. The van der Waals surface area contributed by atoms with Crippen LogP contribution in [-0.4, -0.2) is 18.1 Å². The van der Waals surface area contributed by atoms with E-state index in [1.165, 1.54) is 0 Å². The fourth-order valence-electron chi connectivity index (χ4n) is 2.23. The number of carbonyl (C=O) groups excluding carboxylic acids is 1. The summed E-state index contributed by atoms with van der Waals surface area (Å²) in [5.74, 6) is -0.342. The molecule has 1 N–H and O–H groups in total. The van der Waals surface area contributed by atoms with Crippen molar-refractivity contribution in [2.75, 3.05) is 6.61 Å². The van der Waals surface area contributed by atoms with Crippen molar-refractivity contribution in [2.24, 2.45) is 0 Å². The Morgan fingerprint density at radius 2 is 1.88 bits per heavy atom. The van der Waals surface area contributed by atoms with Gasteiger partial charge in [0.2, 0.25) is 0 Å². The molecule has 1 aliphatic rings. The Bertz CT molecular complexity index is 369. The zero-order chi connectivity index (χ0) is 12.1. The standard InChI is InChI=1S/C14H18NO2/c15-14(9-4-5-10-14)13(16)17-11-8-12-6-2-1-3-7-12/h1-3,6-7,15H,4-5,8-11H2. The van der Waals surface area contributed by atoms with Crippen LogP contribution >= 0.6 is 0 Å². The number of nitrogens with one attached hydrogen (secondary N) is 1. The van der Waals surface area contributed by atoms with Crippen molar-refractivity contribution in [3.63, 3.8) is 0 Å². The second-order valence-corrected chi connectivity index (χ2v) is 4.66. The van der Waals surface area contributed by atoms with Crippen LogP contribution < -0.4 is 5.73 Å². The third kappa shape index (κ3) is 3.07. The van der Waals surface area contributed by atoms with Gasteiger partial charge >= 0.3 is 5.97 Å². The van der Waals surface area contributed by atoms with E-state index in [2.05, 4.69) is 0 Å². The highest BCUT2D eigenvalue weighted by Crippen LogP contribution is 2.29. The van der Waals surface area contributed by atoms with Crippen molar-refractivity contribution in [1.29, 1.82) is 0 Å². The molecule has 1 radical (unpaired) electrons. The average Bonchev–Trinajstić information content (AvgIpc) is 2.79. The number of rotatable bonds is 4. The van der Waals surface area contributed by atoms with E-state index in [1.54, 1.807) is 0 Å². The molecule has 1 aromatic rings. The molecule has 0 amide bonds. The van der Waals surface area contributed by atoms with Gasteiger partial charge in [-0.15, -0.1) is 0 Å². The molecule has 3 nitrogen and oxygen atoms in total. The van der Waals surface area contributed by atoms with Crippen LogP contribution in [0.5, 0.6) is 0 Å². The molecule has 0 unspecified atom stereocenters. The number of hydrogen-bond donors (Lipinski definition) is 0. The van der Waals surface area contributed by atoms with Gasteiger partial charge in [-0.2, -0.15) is 0 Å². The van der Waals surface area contributed by atoms with Crippen LogP contribution in [0.3, 0.4) is 0 Å². The highest BCUT2D eigenvalue weighted by molar-refractivity contribution is 5.80. The molecule has 1 aromatic carbocycles. The Balaban J connectivity index is 1.77. The molecule has 0 saturated heterocycles. The third-order valence-corrected chi connectivity index (χ3v) is 3.31. The maximum Gasteiger partial charge on any atom is 0.327 e. The molecule has 1 fully saturated rings. The first-order chi connectivity index (χ1) is 8.21. The van der Waals surface area contributed by atoms with Crippen LogP contribution in [0.2, 0.25) is 0 Å². The predicted octanol–water partition coefficient (Wildman–Crippen LogP) is 2.37. The van der Waals surface area contributed by atoms with E-state index < -0.39 is 5.54 Å². The van der Waals surface area contributed by atoms with Gasteiger partial charge in [0, 0.05) is 6.42 Å². The first-order valence-electron chi connectivity index (χ1n) is 6.17. The Kier molecular flexibility index (Phi) is 3.79. The summed E-state index contributed by atoms with van der Waals surface area (Å²) in [4.78, 5) is 11.7. The van der Waals surface area contributed by atoms with E-state index in [0.717, 1.165) is 24.8 Å². The van der Waals surface area contributed by atoms with Crippen LogP contribution in [0.15, 0.2) is 30.3 Å². The van der Waals surface area contributed by atoms with Crippen LogP contribution in [-0.2, 0) is 16.0 Å². The Labute approximate surface area is 102 Å². The smallest absolute Gasteiger partial charge is 0.327 e. The second-order valence-electron chi connectivity index (χ2n) is 4.66. The molecule has 0 aliphatic heterocycles. The van der Waals surface area contributed by atoms with Crippen LogP contribution in [0.4, 0.5) is 0 Å². The molecule has 1 saturated carbocycles. The summed E-state index contributed by atoms with van der Waals surface area (Å²) >= 11 is 0. The van der Waals surface area contributed by atoms with E-state index in [1.807, 2.05) is 30.3 Å². The van der Waals surface area contributed by atoms with Crippen molar-refractivity contribution < 1.29 is 9.53 Å². The molecule has 0 atom stereocenters. The van der Waals surface area contributed by atoms with Crippen LogP contribution in [0.25, 0.3) is 0 Å². The van der Waals surface area contributed by atoms with Gasteiger partial charge in [-0.3, -0.25) is 0 Å². The number of hydrogen-bond acceptors (Lipinski definition) is 2. The number of ether oxygens (including phenoxy) is 1. The molecule has 3 heteroatoms. The minimum atomic E-state index is -0.962. The second kappa shape index (κ2) is 5.32.